The van der Waals surface area contributed by atoms with Crippen molar-refractivity contribution in [2.75, 3.05) is 0 Å². The molecule has 0 atom stereocenters. The largest absolute Gasteiger partial charge is 0.309 e. The van der Waals surface area contributed by atoms with E-state index in [9.17, 15) is 0 Å². The summed E-state index contributed by atoms with van der Waals surface area (Å²) in [6.45, 7) is 0. The highest BCUT2D eigenvalue weighted by molar-refractivity contribution is 6.18. The maximum atomic E-state index is 5.30. The molecule has 0 saturated carbocycles. The summed E-state index contributed by atoms with van der Waals surface area (Å²) in [7, 11) is 0. The molecule has 5 heteroatoms. The van der Waals surface area contributed by atoms with Crippen molar-refractivity contribution in [2.24, 2.45) is 0 Å². The zero-order chi connectivity index (χ0) is 45.9. The predicted octanol–water partition coefficient (Wildman–Crippen LogP) is 16.8. The summed E-state index contributed by atoms with van der Waals surface area (Å²) < 4.78 is 4.91. The van der Waals surface area contributed by atoms with Crippen molar-refractivity contribution < 1.29 is 0 Å². The second-order valence-electron chi connectivity index (χ2n) is 18.4. The number of hydrogen-bond donors (Lipinski definition) is 0. The zero-order valence-corrected chi connectivity index (χ0v) is 37.8. The fourth-order valence-electron chi connectivity index (χ4n) is 11.3. The summed E-state index contributed by atoms with van der Waals surface area (Å²) in [5.74, 6) is 1.90. The molecule has 0 bridgehead atoms. The maximum absolute atomic E-state index is 5.30. The first-order valence-corrected chi connectivity index (χ1v) is 23.8. The first kappa shape index (κ1) is 38.6. The molecule has 0 fully saturated rings. The topological polar surface area (TPSA) is 48.5 Å². The molecule has 324 valence electrons. The van der Waals surface area contributed by atoms with Gasteiger partial charge in [0.15, 0.2) is 17.5 Å². The Morgan fingerprint density at radius 1 is 0.229 bits per heavy atom. The van der Waals surface area contributed by atoms with Crippen molar-refractivity contribution >= 4 is 97.5 Å². The lowest BCUT2D eigenvalue weighted by molar-refractivity contribution is 1.08. The molecule has 15 aromatic rings. The number of benzene rings is 12. The average molecular weight is 890 g/mol. The molecule has 0 unspecified atom stereocenters. The van der Waals surface area contributed by atoms with E-state index in [1.165, 1.54) is 70.3 Å². The molecular formula is C65H39N5. The van der Waals surface area contributed by atoms with Crippen molar-refractivity contribution in [3.63, 3.8) is 0 Å². The average Bonchev–Trinajstić information content (AvgIpc) is 3.92. The Morgan fingerprint density at radius 3 is 1.50 bits per heavy atom. The van der Waals surface area contributed by atoms with E-state index in [1.54, 1.807) is 0 Å². The lowest BCUT2D eigenvalue weighted by Crippen LogP contribution is -2.02. The van der Waals surface area contributed by atoms with Crippen molar-refractivity contribution in [3.8, 4) is 45.5 Å². The molecular weight excluding hydrogens is 851 g/mol. The van der Waals surface area contributed by atoms with Crippen molar-refractivity contribution in [1.82, 2.24) is 24.1 Å². The molecule has 0 radical (unpaired) electrons. The van der Waals surface area contributed by atoms with Gasteiger partial charge in [-0.05, 0) is 104 Å². The molecule has 3 aromatic heterocycles. The Hall–Kier alpha value is -9.45. The fourth-order valence-corrected chi connectivity index (χ4v) is 11.3. The Kier molecular flexibility index (Phi) is 8.29. The van der Waals surface area contributed by atoms with Gasteiger partial charge < -0.3 is 9.13 Å². The van der Waals surface area contributed by atoms with Crippen LogP contribution in [-0.2, 0) is 0 Å². The van der Waals surface area contributed by atoms with E-state index in [4.69, 9.17) is 15.0 Å². The molecule has 12 aromatic carbocycles. The normalized spacial score (nSPS) is 12.0. The molecule has 15 rings (SSSR count). The van der Waals surface area contributed by atoms with Crippen LogP contribution in [0.25, 0.3) is 143 Å². The molecule has 0 N–H and O–H groups in total. The summed E-state index contributed by atoms with van der Waals surface area (Å²) in [6.07, 6.45) is 0. The minimum absolute atomic E-state index is 0.629. The number of fused-ring (bicyclic) bond motifs is 12. The highest BCUT2D eigenvalue weighted by atomic mass is 15.0. The van der Waals surface area contributed by atoms with Gasteiger partial charge in [-0.3, -0.25) is 0 Å². The molecule has 0 aliphatic carbocycles. The second kappa shape index (κ2) is 15.0. The van der Waals surface area contributed by atoms with E-state index in [1.807, 2.05) is 18.2 Å². The minimum Gasteiger partial charge on any atom is -0.309 e. The van der Waals surface area contributed by atoms with Crippen LogP contribution in [0.1, 0.15) is 0 Å². The highest BCUT2D eigenvalue weighted by Gasteiger charge is 2.21. The Morgan fingerprint density at radius 2 is 0.743 bits per heavy atom. The second-order valence-corrected chi connectivity index (χ2v) is 18.4. The van der Waals surface area contributed by atoms with Gasteiger partial charge in [0.05, 0.1) is 33.4 Å². The smallest absolute Gasteiger partial charge is 0.164 e. The zero-order valence-electron chi connectivity index (χ0n) is 37.8. The van der Waals surface area contributed by atoms with Crippen LogP contribution in [0.15, 0.2) is 237 Å². The monoisotopic (exact) mass is 889 g/mol. The van der Waals surface area contributed by atoms with E-state index in [-0.39, 0.29) is 0 Å². The van der Waals surface area contributed by atoms with Crippen LogP contribution >= 0.6 is 0 Å². The van der Waals surface area contributed by atoms with Gasteiger partial charge in [0.25, 0.3) is 0 Å². The van der Waals surface area contributed by atoms with E-state index in [0.717, 1.165) is 55.3 Å². The molecule has 5 nitrogen and oxygen atoms in total. The van der Waals surface area contributed by atoms with Crippen LogP contribution in [-0.4, -0.2) is 24.1 Å². The van der Waals surface area contributed by atoms with Gasteiger partial charge >= 0.3 is 0 Å². The quantitative estimate of drug-likeness (QED) is 0.162. The fraction of sp³-hybridized carbons (Fsp3) is 0. The Labute approximate surface area is 401 Å². The number of hydrogen-bond acceptors (Lipinski definition) is 3. The SMILES string of the molecule is c1ccc(-c2nc(-c3ccc4c(ccc5ccccc54)c3)nc(-c3ccc(-n4c5ccccc5c5cc6c(-n7c8ccccc8c8cc9ccccc9cc87)cccc6cc54)c4ccccc34)n2)cc1. The third-order valence-electron chi connectivity index (χ3n) is 14.5. The third-order valence-corrected chi connectivity index (χ3v) is 14.5. The molecule has 0 aliphatic heterocycles. The standard InChI is InChI=1S/C65H39N5/c1-2-16-41(17-3-1)63-66-64(46-31-32-48-45(35-46)30-29-40-15-6-7-21-47(40)48)68-65(67-63)53-33-34-60(50-23-9-8-22-49(50)53)70-58-27-13-11-25-52(58)56-39-54-44(38-62(56)70)20-14-28-59(54)69-57-26-12-10-24-51(57)55-36-42-18-4-5-19-43(42)37-61(55)69/h1-39H. The number of para-hydroxylation sites is 2. The molecule has 3 heterocycles. The minimum atomic E-state index is 0.629. The van der Waals surface area contributed by atoms with Crippen LogP contribution in [0.4, 0.5) is 0 Å². The first-order chi connectivity index (χ1) is 34.7. The molecule has 0 saturated heterocycles. The van der Waals surface area contributed by atoms with Crippen molar-refractivity contribution in [3.05, 3.63) is 237 Å². The van der Waals surface area contributed by atoms with E-state index in [0.29, 0.717) is 17.5 Å². The van der Waals surface area contributed by atoms with Crippen molar-refractivity contribution in [1.29, 1.82) is 0 Å². The van der Waals surface area contributed by atoms with Gasteiger partial charge in [-0.1, -0.05) is 176 Å². The molecule has 0 spiro atoms. The lowest BCUT2D eigenvalue weighted by atomic mass is 9.99. The summed E-state index contributed by atoms with van der Waals surface area (Å²) >= 11 is 0. The van der Waals surface area contributed by atoms with Gasteiger partial charge in [-0.2, -0.15) is 0 Å². The van der Waals surface area contributed by atoms with Gasteiger partial charge in [-0.25, -0.2) is 15.0 Å². The van der Waals surface area contributed by atoms with Crippen LogP contribution < -0.4 is 0 Å². The highest BCUT2D eigenvalue weighted by Crippen LogP contribution is 2.42. The molecule has 70 heavy (non-hydrogen) atoms. The Balaban J connectivity index is 0.928. The van der Waals surface area contributed by atoms with E-state index in [2.05, 4.69) is 228 Å². The molecule has 0 aliphatic rings. The summed E-state index contributed by atoms with van der Waals surface area (Å²) in [6, 6.07) is 85.3. The van der Waals surface area contributed by atoms with Gasteiger partial charge in [0.2, 0.25) is 0 Å². The van der Waals surface area contributed by atoms with Crippen LogP contribution in [0.3, 0.4) is 0 Å². The molecule has 0 amide bonds. The maximum Gasteiger partial charge on any atom is 0.164 e. The van der Waals surface area contributed by atoms with Crippen LogP contribution in [0, 0.1) is 0 Å². The van der Waals surface area contributed by atoms with Crippen LogP contribution in [0.2, 0.25) is 0 Å². The number of aromatic nitrogens is 5. The first-order valence-electron chi connectivity index (χ1n) is 23.8. The van der Waals surface area contributed by atoms with E-state index >= 15 is 0 Å². The number of rotatable bonds is 5. The predicted molar refractivity (Wildman–Crippen MR) is 292 cm³/mol. The van der Waals surface area contributed by atoms with Crippen molar-refractivity contribution in [2.45, 2.75) is 0 Å². The number of nitrogens with zero attached hydrogens (tertiary/aromatic N) is 5. The third kappa shape index (κ3) is 5.82. The van der Waals surface area contributed by atoms with Gasteiger partial charge in [0, 0.05) is 49.0 Å². The van der Waals surface area contributed by atoms with Gasteiger partial charge in [-0.15, -0.1) is 0 Å². The van der Waals surface area contributed by atoms with Gasteiger partial charge in [0.1, 0.15) is 0 Å². The summed E-state index contributed by atoms with van der Waals surface area (Å²) in [4.78, 5) is 15.7. The van der Waals surface area contributed by atoms with E-state index < -0.39 is 0 Å². The van der Waals surface area contributed by atoms with Crippen LogP contribution in [0.5, 0.6) is 0 Å². The lowest BCUT2D eigenvalue weighted by Gasteiger charge is -2.16. The Bertz CT molecular complexity index is 4660. The summed E-state index contributed by atoms with van der Waals surface area (Å²) in [5, 5.41) is 16.7. The summed E-state index contributed by atoms with van der Waals surface area (Å²) in [5.41, 5.74) is 9.77.